The summed E-state index contributed by atoms with van der Waals surface area (Å²) in [6.07, 6.45) is 3.47. The fourth-order valence-electron chi connectivity index (χ4n) is 3.48. The van der Waals surface area contributed by atoms with Crippen molar-refractivity contribution in [3.63, 3.8) is 0 Å². The van der Waals surface area contributed by atoms with Crippen molar-refractivity contribution in [3.8, 4) is 0 Å². The standard InChI is InChI=1S/C18H23F2N5O/c1-11-9-15(24-7-5-18(19,20)6-8-24)23-16-14(10-21-25(11)16)17(26)22-12(2)13-3-4-13/h9-10,12-13H,3-8H2,1-2H3,(H,22,26)/t12-/m0/s1. The Morgan fingerprint density at radius 3 is 2.69 bits per heavy atom. The molecule has 8 heteroatoms. The second-order valence-corrected chi connectivity index (χ2v) is 7.49. The highest BCUT2D eigenvalue weighted by Crippen LogP contribution is 2.33. The second-order valence-electron chi connectivity index (χ2n) is 7.49. The first-order valence-electron chi connectivity index (χ1n) is 9.13. The summed E-state index contributed by atoms with van der Waals surface area (Å²) in [5.41, 5.74) is 1.71. The van der Waals surface area contributed by atoms with Crippen LogP contribution in [0, 0.1) is 12.8 Å². The zero-order chi connectivity index (χ0) is 18.5. The van der Waals surface area contributed by atoms with Crippen molar-refractivity contribution in [2.45, 2.75) is 51.5 Å². The number of anilines is 1. The van der Waals surface area contributed by atoms with Crippen LogP contribution in [-0.2, 0) is 0 Å². The Morgan fingerprint density at radius 2 is 2.04 bits per heavy atom. The fraction of sp³-hybridized carbons (Fsp3) is 0.611. The van der Waals surface area contributed by atoms with E-state index in [1.54, 1.807) is 4.52 Å². The Hall–Kier alpha value is -2.25. The zero-order valence-corrected chi connectivity index (χ0v) is 15.0. The molecular formula is C18H23F2N5O. The molecule has 26 heavy (non-hydrogen) atoms. The first-order valence-corrected chi connectivity index (χ1v) is 9.13. The third-order valence-corrected chi connectivity index (χ3v) is 5.39. The fourth-order valence-corrected chi connectivity index (χ4v) is 3.48. The first-order chi connectivity index (χ1) is 12.3. The number of aryl methyl sites for hydroxylation is 1. The number of alkyl halides is 2. The molecule has 2 aromatic heterocycles. The molecule has 0 bridgehead atoms. The highest BCUT2D eigenvalue weighted by molar-refractivity contribution is 6.00. The van der Waals surface area contributed by atoms with E-state index in [0.29, 0.717) is 22.9 Å². The van der Waals surface area contributed by atoms with Crippen LogP contribution in [0.3, 0.4) is 0 Å². The van der Waals surface area contributed by atoms with Gasteiger partial charge in [0.15, 0.2) is 5.65 Å². The molecule has 1 saturated carbocycles. The number of fused-ring (bicyclic) bond motifs is 1. The van der Waals surface area contributed by atoms with Crippen LogP contribution in [0.15, 0.2) is 12.3 Å². The van der Waals surface area contributed by atoms with E-state index < -0.39 is 5.92 Å². The number of aromatic nitrogens is 3. The molecular weight excluding hydrogens is 340 g/mol. The molecule has 1 atom stereocenters. The number of amides is 1. The highest BCUT2D eigenvalue weighted by atomic mass is 19.3. The molecule has 2 aliphatic rings. The number of halogens is 2. The number of hydrogen-bond donors (Lipinski definition) is 1. The average Bonchev–Trinajstić information content (AvgIpc) is 3.34. The Balaban J connectivity index is 1.61. The van der Waals surface area contributed by atoms with E-state index in [4.69, 9.17) is 0 Å². The minimum atomic E-state index is -2.60. The van der Waals surface area contributed by atoms with Crippen molar-refractivity contribution in [2.24, 2.45) is 5.92 Å². The van der Waals surface area contributed by atoms with Crippen LogP contribution >= 0.6 is 0 Å². The maximum atomic E-state index is 13.4. The third kappa shape index (κ3) is 3.24. The van der Waals surface area contributed by atoms with E-state index in [2.05, 4.69) is 15.4 Å². The summed E-state index contributed by atoms with van der Waals surface area (Å²) in [5.74, 6) is -1.61. The molecule has 0 radical (unpaired) electrons. The molecule has 1 amide bonds. The summed E-state index contributed by atoms with van der Waals surface area (Å²) in [7, 11) is 0. The van der Waals surface area contributed by atoms with Gasteiger partial charge in [-0.05, 0) is 32.6 Å². The largest absolute Gasteiger partial charge is 0.356 e. The molecule has 1 saturated heterocycles. The van der Waals surface area contributed by atoms with Gasteiger partial charge in [-0.15, -0.1) is 0 Å². The van der Waals surface area contributed by atoms with Crippen molar-refractivity contribution in [2.75, 3.05) is 18.0 Å². The molecule has 2 aromatic rings. The van der Waals surface area contributed by atoms with Crippen molar-refractivity contribution in [3.05, 3.63) is 23.5 Å². The lowest BCUT2D eigenvalue weighted by atomic mass is 10.1. The number of nitrogens with zero attached hydrogens (tertiary/aromatic N) is 4. The lowest BCUT2D eigenvalue weighted by Gasteiger charge is -2.32. The van der Waals surface area contributed by atoms with E-state index in [-0.39, 0.29) is 37.9 Å². The smallest absolute Gasteiger partial charge is 0.256 e. The van der Waals surface area contributed by atoms with Crippen LogP contribution in [-0.4, -0.2) is 45.6 Å². The van der Waals surface area contributed by atoms with Crippen LogP contribution in [0.4, 0.5) is 14.6 Å². The highest BCUT2D eigenvalue weighted by Gasteiger charge is 2.35. The molecule has 4 rings (SSSR count). The van der Waals surface area contributed by atoms with Gasteiger partial charge in [-0.1, -0.05) is 0 Å². The maximum absolute atomic E-state index is 13.4. The monoisotopic (exact) mass is 363 g/mol. The number of nitrogens with one attached hydrogen (secondary N) is 1. The molecule has 0 spiro atoms. The zero-order valence-electron chi connectivity index (χ0n) is 15.0. The van der Waals surface area contributed by atoms with Gasteiger partial charge in [0.25, 0.3) is 11.8 Å². The van der Waals surface area contributed by atoms with Crippen molar-refractivity contribution in [1.29, 1.82) is 0 Å². The topological polar surface area (TPSA) is 62.5 Å². The predicted octanol–water partition coefficient (Wildman–Crippen LogP) is 2.80. The van der Waals surface area contributed by atoms with Crippen LogP contribution in [0.25, 0.3) is 5.65 Å². The average molecular weight is 363 g/mol. The van der Waals surface area contributed by atoms with E-state index in [1.807, 2.05) is 24.8 Å². The summed E-state index contributed by atoms with van der Waals surface area (Å²) in [4.78, 5) is 19.1. The summed E-state index contributed by atoms with van der Waals surface area (Å²) in [6, 6.07) is 1.96. The number of piperidine rings is 1. The van der Waals surface area contributed by atoms with E-state index in [1.165, 1.54) is 6.20 Å². The normalized spacial score (nSPS) is 21.0. The molecule has 140 valence electrons. The van der Waals surface area contributed by atoms with Gasteiger partial charge in [-0.25, -0.2) is 18.3 Å². The van der Waals surface area contributed by atoms with Crippen LogP contribution in [0.1, 0.15) is 48.7 Å². The third-order valence-electron chi connectivity index (χ3n) is 5.39. The second kappa shape index (κ2) is 6.17. The number of hydrogen-bond acceptors (Lipinski definition) is 4. The number of carbonyl (C=O) groups is 1. The molecule has 1 aliphatic carbocycles. The molecule has 0 unspecified atom stereocenters. The molecule has 6 nitrogen and oxygen atoms in total. The summed E-state index contributed by atoms with van der Waals surface area (Å²) in [6.45, 7) is 4.39. The maximum Gasteiger partial charge on any atom is 0.256 e. The Kier molecular flexibility index (Phi) is 4.08. The first kappa shape index (κ1) is 17.2. The van der Waals surface area contributed by atoms with Crippen molar-refractivity contribution in [1.82, 2.24) is 19.9 Å². The van der Waals surface area contributed by atoms with E-state index >= 15 is 0 Å². The molecule has 3 heterocycles. The lowest BCUT2D eigenvalue weighted by molar-refractivity contribution is -0.0221. The Labute approximate surface area is 150 Å². The van der Waals surface area contributed by atoms with E-state index in [0.717, 1.165) is 18.5 Å². The SMILES string of the molecule is Cc1cc(N2CCC(F)(F)CC2)nc2c(C(=O)N[C@@H](C)C3CC3)cnn12. The predicted molar refractivity (Wildman–Crippen MR) is 93.8 cm³/mol. The molecule has 2 fully saturated rings. The van der Waals surface area contributed by atoms with Gasteiger partial charge in [-0.2, -0.15) is 5.10 Å². The van der Waals surface area contributed by atoms with Crippen LogP contribution in [0.2, 0.25) is 0 Å². The van der Waals surface area contributed by atoms with E-state index in [9.17, 15) is 13.6 Å². The van der Waals surface area contributed by atoms with Gasteiger partial charge in [-0.3, -0.25) is 4.79 Å². The molecule has 0 aromatic carbocycles. The van der Waals surface area contributed by atoms with Crippen molar-refractivity contribution < 1.29 is 13.6 Å². The molecule has 1 aliphatic heterocycles. The van der Waals surface area contributed by atoms with Gasteiger partial charge in [0.05, 0.1) is 6.20 Å². The van der Waals surface area contributed by atoms with Gasteiger partial charge >= 0.3 is 0 Å². The summed E-state index contributed by atoms with van der Waals surface area (Å²) >= 11 is 0. The summed E-state index contributed by atoms with van der Waals surface area (Å²) < 4.78 is 28.5. The van der Waals surface area contributed by atoms with Gasteiger partial charge in [0.2, 0.25) is 0 Å². The Morgan fingerprint density at radius 1 is 1.35 bits per heavy atom. The van der Waals surface area contributed by atoms with Crippen LogP contribution < -0.4 is 10.2 Å². The van der Waals surface area contributed by atoms with Crippen LogP contribution in [0.5, 0.6) is 0 Å². The van der Waals surface area contributed by atoms with Gasteiger partial charge in [0, 0.05) is 43.7 Å². The van der Waals surface area contributed by atoms with Crippen molar-refractivity contribution >= 4 is 17.4 Å². The number of rotatable bonds is 4. The summed E-state index contributed by atoms with van der Waals surface area (Å²) in [5, 5.41) is 7.29. The lowest BCUT2D eigenvalue weighted by Crippen LogP contribution is -2.40. The van der Waals surface area contributed by atoms with Gasteiger partial charge in [0.1, 0.15) is 11.4 Å². The van der Waals surface area contributed by atoms with Gasteiger partial charge < -0.3 is 10.2 Å². The minimum Gasteiger partial charge on any atom is -0.356 e. The quantitative estimate of drug-likeness (QED) is 0.907. The Bertz CT molecular complexity index is 835. The number of carbonyl (C=O) groups excluding carboxylic acids is 1. The minimum absolute atomic E-state index is 0.131. The molecule has 1 N–H and O–H groups in total.